The maximum Gasteiger partial charge on any atom is 0.416 e. The van der Waals surface area contributed by atoms with Gasteiger partial charge in [0.25, 0.3) is 0 Å². The summed E-state index contributed by atoms with van der Waals surface area (Å²) in [5, 5.41) is 0. The van der Waals surface area contributed by atoms with Crippen molar-refractivity contribution < 1.29 is 22.3 Å². The van der Waals surface area contributed by atoms with E-state index in [1.807, 2.05) is 30.6 Å². The number of aromatic nitrogens is 1. The molecule has 7 heteroatoms. The summed E-state index contributed by atoms with van der Waals surface area (Å²) < 4.78 is 51.1. The smallest absolute Gasteiger partial charge is 0.416 e. The highest BCUT2D eigenvalue weighted by Gasteiger charge is 2.30. The number of benzene rings is 1. The standard InChI is InChI=1S/C19H17F3N2O2/c20-19(21,22)15-3-5-16(6-4-15)23-8-7-14(12-23)18-24(9-11-26-18)13-17-2-1-10-25-17/h1-8,10,12,18H,9,11,13H2/t18-/m1/s1. The minimum absolute atomic E-state index is 0.198. The molecule has 0 aliphatic carbocycles. The fraction of sp³-hybridized carbons (Fsp3) is 0.263. The van der Waals surface area contributed by atoms with E-state index in [9.17, 15) is 13.2 Å². The molecular weight excluding hydrogens is 345 g/mol. The van der Waals surface area contributed by atoms with Gasteiger partial charge in [0, 0.05) is 30.2 Å². The normalized spacial score (nSPS) is 18.5. The Labute approximate surface area is 148 Å². The van der Waals surface area contributed by atoms with Gasteiger partial charge in [-0.3, -0.25) is 4.90 Å². The van der Waals surface area contributed by atoms with E-state index in [2.05, 4.69) is 4.90 Å². The molecule has 0 radical (unpaired) electrons. The molecular formula is C19H17F3N2O2. The number of halogens is 3. The third-order valence-corrected chi connectivity index (χ3v) is 4.42. The highest BCUT2D eigenvalue weighted by molar-refractivity contribution is 5.37. The first kappa shape index (κ1) is 16.9. The van der Waals surface area contributed by atoms with E-state index >= 15 is 0 Å². The van der Waals surface area contributed by atoms with Crippen LogP contribution in [0.4, 0.5) is 13.2 Å². The molecule has 0 saturated carbocycles. The minimum Gasteiger partial charge on any atom is -0.468 e. The van der Waals surface area contributed by atoms with Gasteiger partial charge in [0.15, 0.2) is 0 Å². The molecule has 4 rings (SSSR count). The van der Waals surface area contributed by atoms with E-state index in [0.717, 1.165) is 30.0 Å². The number of hydrogen-bond donors (Lipinski definition) is 0. The van der Waals surface area contributed by atoms with Gasteiger partial charge in [-0.2, -0.15) is 13.2 Å². The first-order chi connectivity index (χ1) is 12.5. The Balaban J connectivity index is 1.52. The van der Waals surface area contributed by atoms with Crippen LogP contribution in [-0.2, 0) is 17.5 Å². The Kier molecular flexibility index (Phi) is 4.34. The topological polar surface area (TPSA) is 30.5 Å². The molecule has 0 amide bonds. The zero-order valence-corrected chi connectivity index (χ0v) is 13.8. The van der Waals surface area contributed by atoms with Gasteiger partial charge in [-0.25, -0.2) is 0 Å². The zero-order valence-electron chi connectivity index (χ0n) is 13.8. The molecule has 26 heavy (non-hydrogen) atoms. The van der Waals surface area contributed by atoms with E-state index in [1.165, 1.54) is 12.1 Å². The molecule has 1 saturated heterocycles. The maximum atomic E-state index is 12.7. The van der Waals surface area contributed by atoms with Crippen LogP contribution in [0.15, 0.2) is 65.5 Å². The summed E-state index contributed by atoms with van der Waals surface area (Å²) in [5.41, 5.74) is 0.964. The predicted molar refractivity (Wildman–Crippen MR) is 88.6 cm³/mol. The van der Waals surface area contributed by atoms with Gasteiger partial charge >= 0.3 is 6.18 Å². The van der Waals surface area contributed by atoms with Crippen molar-refractivity contribution in [3.8, 4) is 5.69 Å². The lowest BCUT2D eigenvalue weighted by Gasteiger charge is -2.21. The summed E-state index contributed by atoms with van der Waals surface area (Å²) in [6.45, 7) is 2.05. The average Bonchev–Trinajstić information content (AvgIpc) is 3.36. The van der Waals surface area contributed by atoms with Crippen LogP contribution in [0, 0.1) is 0 Å². The Hall–Kier alpha value is -2.51. The Bertz CT molecular complexity index is 854. The lowest BCUT2D eigenvalue weighted by atomic mass is 10.2. The SMILES string of the molecule is FC(F)(F)c1ccc(-n2ccc([C@H]3OCCN3Cc3ccco3)c2)cc1. The third kappa shape index (κ3) is 3.40. The van der Waals surface area contributed by atoms with E-state index in [-0.39, 0.29) is 6.23 Å². The Morgan fingerprint density at radius 1 is 1.08 bits per heavy atom. The van der Waals surface area contributed by atoms with E-state index in [0.29, 0.717) is 18.8 Å². The summed E-state index contributed by atoms with van der Waals surface area (Å²) in [7, 11) is 0. The summed E-state index contributed by atoms with van der Waals surface area (Å²) in [6, 6.07) is 10.8. The number of nitrogens with zero attached hydrogens (tertiary/aromatic N) is 2. The summed E-state index contributed by atoms with van der Waals surface area (Å²) in [5.74, 6) is 0.864. The Morgan fingerprint density at radius 3 is 2.58 bits per heavy atom. The molecule has 1 atom stereocenters. The quantitative estimate of drug-likeness (QED) is 0.678. The molecule has 2 aromatic heterocycles. The molecule has 1 aliphatic heterocycles. The van der Waals surface area contributed by atoms with E-state index in [4.69, 9.17) is 9.15 Å². The lowest BCUT2D eigenvalue weighted by molar-refractivity contribution is -0.137. The molecule has 136 valence electrons. The largest absolute Gasteiger partial charge is 0.468 e. The van der Waals surface area contributed by atoms with Crippen LogP contribution in [0.2, 0.25) is 0 Å². The Morgan fingerprint density at radius 2 is 1.88 bits per heavy atom. The van der Waals surface area contributed by atoms with Crippen molar-refractivity contribution in [2.45, 2.75) is 18.9 Å². The highest BCUT2D eigenvalue weighted by Crippen LogP contribution is 2.31. The van der Waals surface area contributed by atoms with Crippen LogP contribution >= 0.6 is 0 Å². The molecule has 0 N–H and O–H groups in total. The second-order valence-electron chi connectivity index (χ2n) is 6.17. The first-order valence-corrected chi connectivity index (χ1v) is 8.24. The van der Waals surface area contributed by atoms with Gasteiger partial charge in [-0.1, -0.05) is 0 Å². The van der Waals surface area contributed by atoms with Gasteiger partial charge in [0.2, 0.25) is 0 Å². The van der Waals surface area contributed by atoms with Crippen LogP contribution in [0.5, 0.6) is 0 Å². The third-order valence-electron chi connectivity index (χ3n) is 4.42. The van der Waals surface area contributed by atoms with Gasteiger partial charge in [-0.05, 0) is 42.5 Å². The van der Waals surface area contributed by atoms with Gasteiger partial charge in [-0.15, -0.1) is 0 Å². The molecule has 3 heterocycles. The van der Waals surface area contributed by atoms with Crippen molar-refractivity contribution in [1.29, 1.82) is 0 Å². The molecule has 4 nitrogen and oxygen atoms in total. The summed E-state index contributed by atoms with van der Waals surface area (Å²) >= 11 is 0. The van der Waals surface area contributed by atoms with Crippen LogP contribution in [0.3, 0.4) is 0 Å². The minimum atomic E-state index is -4.33. The number of hydrogen-bond acceptors (Lipinski definition) is 3. The number of alkyl halides is 3. The lowest BCUT2D eigenvalue weighted by Crippen LogP contribution is -2.22. The van der Waals surface area contributed by atoms with Gasteiger partial charge < -0.3 is 13.7 Å². The number of ether oxygens (including phenoxy) is 1. The van der Waals surface area contributed by atoms with Gasteiger partial charge in [0.1, 0.15) is 12.0 Å². The second-order valence-corrected chi connectivity index (χ2v) is 6.17. The summed E-state index contributed by atoms with van der Waals surface area (Å²) in [4.78, 5) is 2.16. The molecule has 0 unspecified atom stereocenters. The van der Waals surface area contributed by atoms with Crippen LogP contribution in [-0.4, -0.2) is 22.6 Å². The molecule has 3 aromatic rings. The highest BCUT2D eigenvalue weighted by atomic mass is 19.4. The number of furan rings is 1. The van der Waals surface area contributed by atoms with Crippen LogP contribution in [0.1, 0.15) is 23.1 Å². The predicted octanol–water partition coefficient (Wildman–Crippen LogP) is 4.62. The molecule has 1 aliphatic rings. The molecule has 0 spiro atoms. The van der Waals surface area contributed by atoms with Crippen LogP contribution in [0.25, 0.3) is 5.69 Å². The molecule has 1 fully saturated rings. The van der Waals surface area contributed by atoms with Crippen molar-refractivity contribution >= 4 is 0 Å². The average molecular weight is 362 g/mol. The first-order valence-electron chi connectivity index (χ1n) is 8.24. The summed E-state index contributed by atoms with van der Waals surface area (Å²) in [6.07, 6.45) is 0.821. The van der Waals surface area contributed by atoms with Crippen LogP contribution < -0.4 is 0 Å². The van der Waals surface area contributed by atoms with E-state index in [1.54, 1.807) is 10.8 Å². The fourth-order valence-electron chi connectivity index (χ4n) is 3.12. The fourth-order valence-corrected chi connectivity index (χ4v) is 3.12. The maximum absolute atomic E-state index is 12.7. The van der Waals surface area contributed by atoms with E-state index < -0.39 is 11.7 Å². The van der Waals surface area contributed by atoms with Crippen molar-refractivity contribution in [1.82, 2.24) is 9.47 Å². The second kappa shape index (κ2) is 6.66. The van der Waals surface area contributed by atoms with Crippen molar-refractivity contribution in [3.05, 3.63) is 78.0 Å². The monoisotopic (exact) mass is 362 g/mol. The van der Waals surface area contributed by atoms with Crippen molar-refractivity contribution in [2.75, 3.05) is 13.2 Å². The van der Waals surface area contributed by atoms with Crippen molar-refractivity contribution in [3.63, 3.8) is 0 Å². The molecule has 1 aromatic carbocycles. The zero-order chi connectivity index (χ0) is 18.1. The molecule has 0 bridgehead atoms. The van der Waals surface area contributed by atoms with Crippen molar-refractivity contribution in [2.24, 2.45) is 0 Å². The van der Waals surface area contributed by atoms with Gasteiger partial charge in [0.05, 0.1) is 25.0 Å². The number of rotatable bonds is 4.